The summed E-state index contributed by atoms with van der Waals surface area (Å²) >= 11 is 0. The molecule has 1 heterocycles. The first-order chi connectivity index (χ1) is 8.38. The minimum absolute atomic E-state index is 0.159. The van der Waals surface area contributed by atoms with Crippen LogP contribution in [0.25, 0.3) is 0 Å². The van der Waals surface area contributed by atoms with Crippen LogP contribution in [0, 0.1) is 5.92 Å². The van der Waals surface area contributed by atoms with Crippen LogP contribution in [0.2, 0.25) is 0 Å². The number of nitrogens with one attached hydrogen (secondary N) is 1. The van der Waals surface area contributed by atoms with Crippen LogP contribution in [0.1, 0.15) is 59.6 Å². The number of aromatic nitrogens is 2. The van der Waals surface area contributed by atoms with Crippen molar-refractivity contribution in [3.63, 3.8) is 0 Å². The molecule has 3 nitrogen and oxygen atoms in total. The minimum atomic E-state index is 0.159. The molecule has 0 saturated carbocycles. The Hall–Kier alpha value is -0.830. The van der Waals surface area contributed by atoms with Crippen molar-refractivity contribution in [2.45, 2.75) is 72.5 Å². The first-order valence-electron chi connectivity index (χ1n) is 7.12. The molecule has 0 aromatic carbocycles. The van der Waals surface area contributed by atoms with E-state index in [1.165, 1.54) is 25.0 Å². The number of hydrogen-bond acceptors (Lipinski definition) is 2. The van der Waals surface area contributed by atoms with Gasteiger partial charge in [0, 0.05) is 24.8 Å². The van der Waals surface area contributed by atoms with Crippen molar-refractivity contribution in [1.29, 1.82) is 0 Å². The Bertz CT molecular complexity index is 334. The van der Waals surface area contributed by atoms with Crippen LogP contribution in [0.15, 0.2) is 12.5 Å². The van der Waals surface area contributed by atoms with E-state index in [1.54, 1.807) is 0 Å². The molecule has 0 saturated heterocycles. The summed E-state index contributed by atoms with van der Waals surface area (Å²) in [6, 6.07) is 0. The van der Waals surface area contributed by atoms with E-state index < -0.39 is 0 Å². The average Bonchev–Trinajstić information content (AvgIpc) is 2.68. The summed E-state index contributed by atoms with van der Waals surface area (Å²) < 4.78 is 2.28. The lowest BCUT2D eigenvalue weighted by Crippen LogP contribution is -2.35. The third kappa shape index (κ3) is 6.20. The summed E-state index contributed by atoms with van der Waals surface area (Å²) in [5.41, 5.74) is 1.45. The lowest BCUT2D eigenvalue weighted by Gasteiger charge is -2.21. The number of aryl methyl sites for hydroxylation is 1. The van der Waals surface area contributed by atoms with Gasteiger partial charge in [-0.15, -0.1) is 0 Å². The molecule has 0 spiro atoms. The van der Waals surface area contributed by atoms with Gasteiger partial charge in [0.05, 0.1) is 12.0 Å². The highest BCUT2D eigenvalue weighted by atomic mass is 15.1. The van der Waals surface area contributed by atoms with Crippen LogP contribution >= 0.6 is 0 Å². The van der Waals surface area contributed by atoms with Gasteiger partial charge >= 0.3 is 0 Å². The molecule has 0 amide bonds. The predicted molar refractivity (Wildman–Crippen MR) is 77.5 cm³/mol. The van der Waals surface area contributed by atoms with E-state index >= 15 is 0 Å². The third-order valence-corrected chi connectivity index (χ3v) is 3.03. The van der Waals surface area contributed by atoms with E-state index in [0.717, 1.165) is 19.0 Å². The average molecular weight is 251 g/mol. The summed E-state index contributed by atoms with van der Waals surface area (Å²) in [6.07, 6.45) is 7.81. The van der Waals surface area contributed by atoms with Gasteiger partial charge in [0.2, 0.25) is 0 Å². The normalized spacial score (nSPS) is 12.3. The van der Waals surface area contributed by atoms with Gasteiger partial charge in [-0.3, -0.25) is 0 Å². The van der Waals surface area contributed by atoms with E-state index in [2.05, 4.69) is 49.5 Å². The van der Waals surface area contributed by atoms with Gasteiger partial charge in [-0.2, -0.15) is 0 Å². The fourth-order valence-electron chi connectivity index (χ4n) is 1.89. The zero-order valence-corrected chi connectivity index (χ0v) is 12.7. The van der Waals surface area contributed by atoms with Gasteiger partial charge in [0.25, 0.3) is 0 Å². The molecule has 0 unspecified atom stereocenters. The van der Waals surface area contributed by atoms with Crippen molar-refractivity contribution in [3.05, 3.63) is 18.2 Å². The second-order valence-corrected chi connectivity index (χ2v) is 6.57. The number of unbranched alkanes of at least 4 members (excludes halogenated alkanes) is 1. The Morgan fingerprint density at radius 1 is 1.28 bits per heavy atom. The Kier molecular flexibility index (Phi) is 5.86. The van der Waals surface area contributed by atoms with Crippen molar-refractivity contribution in [2.75, 3.05) is 0 Å². The van der Waals surface area contributed by atoms with Crippen LogP contribution in [-0.4, -0.2) is 15.1 Å². The number of hydrogen-bond donors (Lipinski definition) is 1. The lowest BCUT2D eigenvalue weighted by atomic mass is 10.1. The zero-order valence-electron chi connectivity index (χ0n) is 12.7. The monoisotopic (exact) mass is 251 g/mol. The highest BCUT2D eigenvalue weighted by Gasteiger charge is 2.10. The SMILES string of the molecule is CC(C)CCCCn1cncc1CNC(C)(C)C. The molecule has 104 valence electrons. The van der Waals surface area contributed by atoms with Crippen LogP contribution in [-0.2, 0) is 13.1 Å². The molecular weight excluding hydrogens is 222 g/mol. The molecule has 0 radical (unpaired) electrons. The van der Waals surface area contributed by atoms with Crippen LogP contribution < -0.4 is 5.32 Å². The second kappa shape index (κ2) is 6.93. The topological polar surface area (TPSA) is 29.9 Å². The first kappa shape index (κ1) is 15.2. The molecule has 0 fully saturated rings. The molecule has 1 rings (SSSR count). The first-order valence-corrected chi connectivity index (χ1v) is 7.12. The maximum absolute atomic E-state index is 4.26. The molecule has 0 atom stereocenters. The summed E-state index contributed by atoms with van der Waals surface area (Å²) in [5.74, 6) is 0.815. The van der Waals surface area contributed by atoms with Crippen molar-refractivity contribution in [2.24, 2.45) is 5.92 Å². The van der Waals surface area contributed by atoms with Gasteiger partial charge in [0.1, 0.15) is 0 Å². The van der Waals surface area contributed by atoms with E-state index in [0.29, 0.717) is 0 Å². The molecular formula is C15H29N3. The Labute approximate surface area is 112 Å². The third-order valence-electron chi connectivity index (χ3n) is 3.03. The van der Waals surface area contributed by atoms with Crippen LogP contribution in [0.3, 0.4) is 0 Å². The highest BCUT2D eigenvalue weighted by molar-refractivity contribution is 4.98. The van der Waals surface area contributed by atoms with Crippen molar-refractivity contribution >= 4 is 0 Å². The molecule has 0 aliphatic heterocycles. The maximum atomic E-state index is 4.26. The van der Waals surface area contributed by atoms with E-state index in [1.807, 2.05) is 12.5 Å². The van der Waals surface area contributed by atoms with Gasteiger partial charge < -0.3 is 9.88 Å². The van der Waals surface area contributed by atoms with E-state index in [4.69, 9.17) is 0 Å². The maximum Gasteiger partial charge on any atom is 0.0948 e. The van der Waals surface area contributed by atoms with Gasteiger partial charge in [0.15, 0.2) is 0 Å². The molecule has 1 aromatic rings. The lowest BCUT2D eigenvalue weighted by molar-refractivity contribution is 0.413. The quantitative estimate of drug-likeness (QED) is 0.750. The van der Waals surface area contributed by atoms with E-state index in [9.17, 15) is 0 Å². The smallest absolute Gasteiger partial charge is 0.0948 e. The molecule has 18 heavy (non-hydrogen) atoms. The standard InChI is InChI=1S/C15H29N3/c1-13(2)8-6-7-9-18-12-16-10-14(18)11-17-15(3,4)5/h10,12-13,17H,6-9,11H2,1-5H3. The molecule has 0 bridgehead atoms. The summed E-state index contributed by atoms with van der Waals surface area (Å²) in [5, 5.41) is 3.51. The number of nitrogens with zero attached hydrogens (tertiary/aromatic N) is 2. The largest absolute Gasteiger partial charge is 0.333 e. The van der Waals surface area contributed by atoms with Crippen LogP contribution in [0.4, 0.5) is 0 Å². The molecule has 3 heteroatoms. The van der Waals surface area contributed by atoms with E-state index in [-0.39, 0.29) is 5.54 Å². The highest BCUT2D eigenvalue weighted by Crippen LogP contribution is 2.09. The molecule has 0 aliphatic rings. The number of imidazole rings is 1. The minimum Gasteiger partial charge on any atom is -0.333 e. The van der Waals surface area contributed by atoms with Gasteiger partial charge in [-0.1, -0.05) is 26.7 Å². The van der Waals surface area contributed by atoms with Gasteiger partial charge in [-0.05, 0) is 33.1 Å². The van der Waals surface area contributed by atoms with Crippen molar-refractivity contribution in [1.82, 2.24) is 14.9 Å². The van der Waals surface area contributed by atoms with Crippen molar-refractivity contribution in [3.8, 4) is 0 Å². The summed E-state index contributed by atoms with van der Waals surface area (Å²) in [4.78, 5) is 4.26. The number of rotatable bonds is 7. The Morgan fingerprint density at radius 3 is 2.61 bits per heavy atom. The fourth-order valence-corrected chi connectivity index (χ4v) is 1.89. The molecule has 1 N–H and O–H groups in total. The molecule has 0 aliphatic carbocycles. The molecule has 1 aromatic heterocycles. The van der Waals surface area contributed by atoms with Gasteiger partial charge in [-0.25, -0.2) is 4.98 Å². The van der Waals surface area contributed by atoms with Crippen LogP contribution in [0.5, 0.6) is 0 Å². The Balaban J connectivity index is 2.35. The summed E-state index contributed by atoms with van der Waals surface area (Å²) in [6.45, 7) is 13.1. The predicted octanol–water partition coefficient (Wildman–Crippen LogP) is 3.60. The second-order valence-electron chi connectivity index (χ2n) is 6.57. The summed E-state index contributed by atoms with van der Waals surface area (Å²) in [7, 11) is 0. The van der Waals surface area contributed by atoms with Crippen molar-refractivity contribution < 1.29 is 0 Å². The Morgan fingerprint density at radius 2 is 2.00 bits per heavy atom. The zero-order chi connectivity index (χ0) is 13.6. The fraction of sp³-hybridized carbons (Fsp3) is 0.800.